The molecular weight excluding hydrogens is 376 g/mol. The number of fused-ring (bicyclic) bond motifs is 1. The van der Waals surface area contributed by atoms with Crippen LogP contribution in [0.25, 0.3) is 10.2 Å². The second kappa shape index (κ2) is 5.94. The predicted molar refractivity (Wildman–Crippen MR) is 94.2 cm³/mol. The normalized spacial score (nSPS) is 13.0. The highest BCUT2D eigenvalue weighted by Gasteiger charge is 2.18. The lowest BCUT2D eigenvalue weighted by atomic mass is 10.2. The van der Waals surface area contributed by atoms with E-state index in [0.29, 0.717) is 14.9 Å². The molecule has 23 heavy (non-hydrogen) atoms. The Morgan fingerprint density at radius 1 is 1.22 bits per heavy atom. The SMILES string of the molecule is COc1ccc(C)c2s/c(=N\S(=O)(=O)c3ccc(Cl)s3)n(C)c12. The summed E-state index contributed by atoms with van der Waals surface area (Å²) in [4.78, 5) is 0.386. The van der Waals surface area contributed by atoms with Crippen LogP contribution in [0, 0.1) is 6.92 Å². The quantitative estimate of drug-likeness (QED) is 0.689. The first-order valence-electron chi connectivity index (χ1n) is 6.53. The molecular formula is C14H13ClN2O3S3. The van der Waals surface area contributed by atoms with Gasteiger partial charge in [-0.1, -0.05) is 29.0 Å². The van der Waals surface area contributed by atoms with E-state index in [1.807, 2.05) is 19.1 Å². The fraction of sp³-hybridized carbons (Fsp3) is 0.214. The summed E-state index contributed by atoms with van der Waals surface area (Å²) < 4.78 is 37.4. The van der Waals surface area contributed by atoms with Crippen molar-refractivity contribution in [2.24, 2.45) is 11.4 Å². The van der Waals surface area contributed by atoms with Crippen LogP contribution >= 0.6 is 34.3 Å². The van der Waals surface area contributed by atoms with E-state index < -0.39 is 10.0 Å². The zero-order valence-corrected chi connectivity index (χ0v) is 15.7. The molecule has 0 bridgehead atoms. The van der Waals surface area contributed by atoms with Crippen molar-refractivity contribution in [3.05, 3.63) is 39.0 Å². The van der Waals surface area contributed by atoms with Crippen molar-refractivity contribution >= 4 is 54.5 Å². The molecule has 2 heterocycles. The molecule has 0 spiro atoms. The third-order valence-electron chi connectivity index (χ3n) is 3.33. The lowest BCUT2D eigenvalue weighted by molar-refractivity contribution is 0.417. The van der Waals surface area contributed by atoms with E-state index in [0.717, 1.165) is 27.1 Å². The molecule has 2 aromatic heterocycles. The van der Waals surface area contributed by atoms with E-state index in [1.165, 1.54) is 17.4 Å². The minimum absolute atomic E-state index is 0.128. The largest absolute Gasteiger partial charge is 0.495 e. The summed E-state index contributed by atoms with van der Waals surface area (Å²) in [5.74, 6) is 0.683. The molecule has 0 aliphatic heterocycles. The molecule has 3 aromatic rings. The molecule has 0 saturated heterocycles. The number of benzene rings is 1. The van der Waals surface area contributed by atoms with E-state index in [-0.39, 0.29) is 4.21 Å². The number of halogens is 1. The smallest absolute Gasteiger partial charge is 0.294 e. The van der Waals surface area contributed by atoms with Crippen LogP contribution < -0.4 is 9.54 Å². The van der Waals surface area contributed by atoms with Gasteiger partial charge in [0, 0.05) is 7.05 Å². The third kappa shape index (κ3) is 2.91. The van der Waals surface area contributed by atoms with Crippen LogP contribution in [0.4, 0.5) is 0 Å². The minimum atomic E-state index is -3.79. The highest BCUT2D eigenvalue weighted by molar-refractivity contribution is 7.92. The van der Waals surface area contributed by atoms with Crippen molar-refractivity contribution < 1.29 is 13.2 Å². The van der Waals surface area contributed by atoms with Gasteiger partial charge in [0.05, 0.1) is 16.1 Å². The van der Waals surface area contributed by atoms with Gasteiger partial charge >= 0.3 is 0 Å². The fourth-order valence-electron chi connectivity index (χ4n) is 2.18. The molecule has 0 atom stereocenters. The Morgan fingerprint density at radius 3 is 2.57 bits per heavy atom. The van der Waals surface area contributed by atoms with Gasteiger partial charge in [0.2, 0.25) is 4.80 Å². The molecule has 0 fully saturated rings. The summed E-state index contributed by atoms with van der Waals surface area (Å²) in [6, 6.07) is 6.81. The standard InChI is InChI=1S/C14H13ClN2O3S3/c1-8-4-5-9(20-3)12-13(8)22-14(17(12)2)16-23(18,19)11-7-6-10(15)21-11/h4-7H,1-3H3/b16-14-. The van der Waals surface area contributed by atoms with Gasteiger partial charge in [0.25, 0.3) is 10.0 Å². The summed E-state index contributed by atoms with van der Waals surface area (Å²) in [5, 5.41) is 0. The third-order valence-corrected chi connectivity index (χ3v) is 7.68. The number of aromatic nitrogens is 1. The van der Waals surface area contributed by atoms with Crippen LogP contribution in [-0.4, -0.2) is 20.1 Å². The van der Waals surface area contributed by atoms with Crippen molar-refractivity contribution in [1.29, 1.82) is 0 Å². The first kappa shape index (κ1) is 16.5. The average Bonchev–Trinajstić information content (AvgIpc) is 3.06. The lowest BCUT2D eigenvalue weighted by Gasteiger charge is -2.05. The van der Waals surface area contributed by atoms with Gasteiger partial charge in [-0.15, -0.1) is 15.7 Å². The zero-order chi connectivity index (χ0) is 16.8. The first-order valence-corrected chi connectivity index (χ1v) is 9.98. The Kier molecular flexibility index (Phi) is 4.26. The number of nitrogens with zero attached hydrogens (tertiary/aromatic N) is 2. The van der Waals surface area contributed by atoms with Gasteiger partial charge in [-0.2, -0.15) is 8.42 Å². The molecule has 0 N–H and O–H groups in total. The molecule has 3 rings (SSSR count). The number of hydrogen-bond donors (Lipinski definition) is 0. The first-order chi connectivity index (χ1) is 10.8. The summed E-state index contributed by atoms with van der Waals surface area (Å²) >= 11 is 8.13. The summed E-state index contributed by atoms with van der Waals surface area (Å²) in [6.07, 6.45) is 0. The van der Waals surface area contributed by atoms with Crippen LogP contribution in [0.5, 0.6) is 5.75 Å². The molecule has 0 radical (unpaired) electrons. The van der Waals surface area contributed by atoms with Crippen LogP contribution in [0.1, 0.15) is 5.56 Å². The summed E-state index contributed by atoms with van der Waals surface area (Å²) in [5.41, 5.74) is 1.87. The van der Waals surface area contributed by atoms with Crippen LogP contribution in [-0.2, 0) is 17.1 Å². The number of thiazole rings is 1. The summed E-state index contributed by atoms with van der Waals surface area (Å²) in [6.45, 7) is 1.97. The predicted octanol–water partition coefficient (Wildman–Crippen LogP) is 3.56. The Labute approximate surface area is 146 Å². The van der Waals surface area contributed by atoms with Crippen molar-refractivity contribution in [2.75, 3.05) is 7.11 Å². The van der Waals surface area contributed by atoms with Gasteiger partial charge in [-0.3, -0.25) is 0 Å². The monoisotopic (exact) mass is 388 g/mol. The van der Waals surface area contributed by atoms with Crippen LogP contribution in [0.2, 0.25) is 4.34 Å². The Balaban J connectivity index is 2.29. The van der Waals surface area contributed by atoms with Gasteiger partial charge in [0.1, 0.15) is 15.5 Å². The molecule has 1 aromatic carbocycles. The Hall–Kier alpha value is -1.35. The van der Waals surface area contributed by atoms with E-state index in [9.17, 15) is 8.42 Å². The topological polar surface area (TPSA) is 60.7 Å². The number of methoxy groups -OCH3 is 1. The second-order valence-electron chi connectivity index (χ2n) is 4.83. The van der Waals surface area contributed by atoms with Crippen molar-refractivity contribution in [2.45, 2.75) is 11.1 Å². The maximum atomic E-state index is 12.4. The van der Waals surface area contributed by atoms with E-state index in [1.54, 1.807) is 24.8 Å². The molecule has 9 heteroatoms. The fourth-order valence-corrected chi connectivity index (χ4v) is 5.98. The van der Waals surface area contributed by atoms with E-state index in [4.69, 9.17) is 16.3 Å². The van der Waals surface area contributed by atoms with Gasteiger partial charge in [-0.25, -0.2) is 0 Å². The lowest BCUT2D eigenvalue weighted by Crippen LogP contribution is -2.13. The Morgan fingerprint density at radius 2 is 1.96 bits per heavy atom. The number of sulfonamides is 1. The summed E-state index contributed by atoms with van der Waals surface area (Å²) in [7, 11) is -0.427. The molecule has 0 aliphatic rings. The number of hydrogen-bond acceptors (Lipinski definition) is 5. The molecule has 0 amide bonds. The molecule has 5 nitrogen and oxygen atoms in total. The molecule has 0 saturated carbocycles. The molecule has 122 valence electrons. The Bertz CT molecular complexity index is 1060. The highest BCUT2D eigenvalue weighted by atomic mass is 35.5. The average molecular weight is 389 g/mol. The van der Waals surface area contributed by atoms with Gasteiger partial charge < -0.3 is 9.30 Å². The number of rotatable bonds is 3. The van der Waals surface area contributed by atoms with E-state index >= 15 is 0 Å². The maximum Gasteiger partial charge on any atom is 0.294 e. The van der Waals surface area contributed by atoms with Crippen LogP contribution in [0.15, 0.2) is 32.9 Å². The zero-order valence-electron chi connectivity index (χ0n) is 12.5. The number of ether oxygens (including phenoxy) is 1. The molecule has 0 aliphatic carbocycles. The van der Waals surface area contributed by atoms with E-state index in [2.05, 4.69) is 4.40 Å². The number of thiophene rings is 1. The second-order valence-corrected chi connectivity index (χ2v) is 9.35. The molecule has 0 unspecified atom stereocenters. The maximum absolute atomic E-state index is 12.4. The van der Waals surface area contributed by atoms with Gasteiger partial charge in [0.15, 0.2) is 0 Å². The number of aryl methyl sites for hydroxylation is 2. The van der Waals surface area contributed by atoms with Crippen LogP contribution in [0.3, 0.4) is 0 Å². The van der Waals surface area contributed by atoms with Gasteiger partial charge in [-0.05, 0) is 30.7 Å². The van der Waals surface area contributed by atoms with Crippen molar-refractivity contribution in [3.8, 4) is 5.75 Å². The van der Waals surface area contributed by atoms with Crippen molar-refractivity contribution in [3.63, 3.8) is 0 Å². The minimum Gasteiger partial charge on any atom is -0.495 e. The highest BCUT2D eigenvalue weighted by Crippen LogP contribution is 2.30. The van der Waals surface area contributed by atoms with Crippen molar-refractivity contribution in [1.82, 2.24) is 4.57 Å².